The molecule has 0 spiro atoms. The van der Waals surface area contributed by atoms with Crippen LogP contribution < -0.4 is 0 Å². The predicted molar refractivity (Wildman–Crippen MR) is 71.6 cm³/mol. The highest BCUT2D eigenvalue weighted by Crippen LogP contribution is 2.50. The van der Waals surface area contributed by atoms with E-state index in [1.807, 2.05) is 19.9 Å². The zero-order valence-electron chi connectivity index (χ0n) is 11.5. The summed E-state index contributed by atoms with van der Waals surface area (Å²) in [4.78, 5) is 12.5. The lowest BCUT2D eigenvalue weighted by atomic mass is 9.79. The summed E-state index contributed by atoms with van der Waals surface area (Å²) in [5.41, 5.74) is 0.923. The van der Waals surface area contributed by atoms with Crippen LogP contribution in [0.3, 0.4) is 0 Å². The highest BCUT2D eigenvalue weighted by Gasteiger charge is 2.67. The second-order valence-corrected chi connectivity index (χ2v) is 5.28. The van der Waals surface area contributed by atoms with E-state index in [2.05, 4.69) is 0 Å². The first-order valence-electron chi connectivity index (χ1n) is 6.48. The van der Waals surface area contributed by atoms with Crippen molar-refractivity contribution in [2.45, 2.75) is 45.0 Å². The summed E-state index contributed by atoms with van der Waals surface area (Å²) in [7, 11) is 0. The van der Waals surface area contributed by atoms with E-state index < -0.39 is 17.8 Å². The Morgan fingerprint density at radius 1 is 1.47 bits per heavy atom. The van der Waals surface area contributed by atoms with Gasteiger partial charge < -0.3 is 14.9 Å². The van der Waals surface area contributed by atoms with Crippen LogP contribution in [0.1, 0.15) is 27.2 Å². The number of Topliss-reactive ketones (excluding diaryl/α,β-unsaturated/α-hetero) is 1. The molecule has 0 aromatic carbocycles. The molecule has 2 N–H and O–H groups in total. The number of hydrogen-bond donors (Lipinski definition) is 2. The number of ether oxygens (including phenoxy) is 1. The van der Waals surface area contributed by atoms with E-state index in [0.717, 1.165) is 5.57 Å². The molecule has 104 valence electrons. The van der Waals surface area contributed by atoms with Gasteiger partial charge in [0.2, 0.25) is 0 Å². The molecule has 0 amide bonds. The number of allylic oxidation sites excluding steroid dienone is 3. The smallest absolute Gasteiger partial charge is 0.197 e. The molecule has 0 unspecified atom stereocenters. The molecule has 0 aromatic heterocycles. The molecule has 3 atom stereocenters. The topological polar surface area (TPSA) is 70.1 Å². The number of hydrogen-bond acceptors (Lipinski definition) is 4. The van der Waals surface area contributed by atoms with Crippen LogP contribution in [0.2, 0.25) is 0 Å². The molecule has 1 saturated heterocycles. The molecule has 1 heterocycles. The summed E-state index contributed by atoms with van der Waals surface area (Å²) < 4.78 is 5.52. The molecule has 1 fully saturated rings. The van der Waals surface area contributed by atoms with Crippen molar-refractivity contribution in [1.29, 1.82) is 0 Å². The lowest BCUT2D eigenvalue weighted by Gasteiger charge is -2.23. The monoisotopic (exact) mass is 264 g/mol. The molecular formula is C15H20O4. The number of epoxide rings is 1. The minimum absolute atomic E-state index is 0.137. The Hall–Kier alpha value is -1.23. The van der Waals surface area contributed by atoms with Gasteiger partial charge in [0.05, 0.1) is 6.61 Å². The number of ketones is 1. The van der Waals surface area contributed by atoms with Crippen molar-refractivity contribution < 1.29 is 19.7 Å². The minimum atomic E-state index is -0.926. The zero-order chi connectivity index (χ0) is 14.2. The quantitative estimate of drug-likeness (QED) is 0.593. The molecule has 2 rings (SSSR count). The van der Waals surface area contributed by atoms with Gasteiger partial charge in [-0.3, -0.25) is 4.79 Å². The number of fused-ring (bicyclic) bond motifs is 1. The van der Waals surface area contributed by atoms with E-state index in [1.165, 1.54) is 0 Å². The van der Waals surface area contributed by atoms with E-state index in [0.29, 0.717) is 17.6 Å². The molecule has 0 aromatic rings. The van der Waals surface area contributed by atoms with E-state index in [1.54, 1.807) is 19.1 Å². The van der Waals surface area contributed by atoms with Gasteiger partial charge in [-0.2, -0.15) is 0 Å². The third-order valence-corrected chi connectivity index (χ3v) is 3.68. The number of rotatable bonds is 4. The van der Waals surface area contributed by atoms with Crippen LogP contribution in [-0.4, -0.2) is 40.4 Å². The Labute approximate surface area is 113 Å². The number of aliphatic hydroxyl groups excluding tert-OH is 2. The Bertz CT molecular complexity index is 482. The van der Waals surface area contributed by atoms with Gasteiger partial charge in [-0.05, 0) is 26.3 Å². The summed E-state index contributed by atoms with van der Waals surface area (Å²) in [6.07, 6.45) is 4.36. The van der Waals surface area contributed by atoms with Gasteiger partial charge in [0, 0.05) is 12.0 Å². The van der Waals surface area contributed by atoms with Crippen molar-refractivity contribution >= 4 is 5.78 Å². The maximum Gasteiger partial charge on any atom is 0.197 e. The summed E-state index contributed by atoms with van der Waals surface area (Å²) in [5, 5.41) is 19.5. The van der Waals surface area contributed by atoms with Gasteiger partial charge in [-0.15, -0.1) is 0 Å². The van der Waals surface area contributed by atoms with Crippen LogP contribution in [-0.2, 0) is 9.53 Å². The van der Waals surface area contributed by atoms with Gasteiger partial charge >= 0.3 is 0 Å². The largest absolute Gasteiger partial charge is 0.392 e. The molecular weight excluding hydrogens is 244 g/mol. The lowest BCUT2D eigenvalue weighted by Crippen LogP contribution is -2.40. The first kappa shape index (κ1) is 14.2. The standard InChI is InChI=1S/C15H20O4/c1-4-5-10-11(8-16)12(17)14-15(19-14,13(10)18)7-6-9(2)3/h4-6,12,14,16-17H,7-8H2,1-3H3/b5-4+/t12-,14+,15-/m0/s1. The second kappa shape index (κ2) is 5.04. The van der Waals surface area contributed by atoms with Gasteiger partial charge in [0.25, 0.3) is 0 Å². The molecule has 1 aliphatic carbocycles. The van der Waals surface area contributed by atoms with E-state index in [4.69, 9.17) is 4.74 Å². The van der Waals surface area contributed by atoms with E-state index in [9.17, 15) is 15.0 Å². The number of carbonyl (C=O) groups is 1. The summed E-state index contributed by atoms with van der Waals surface area (Å²) >= 11 is 0. The molecule has 2 aliphatic rings. The van der Waals surface area contributed by atoms with Crippen LogP contribution in [0.25, 0.3) is 0 Å². The normalized spacial score (nSPS) is 33.6. The molecule has 0 radical (unpaired) electrons. The van der Waals surface area contributed by atoms with E-state index >= 15 is 0 Å². The van der Waals surface area contributed by atoms with Crippen LogP contribution in [0.15, 0.2) is 34.9 Å². The molecule has 19 heavy (non-hydrogen) atoms. The summed E-state index contributed by atoms with van der Waals surface area (Å²) in [6, 6.07) is 0. The van der Waals surface area contributed by atoms with Gasteiger partial charge in [-0.1, -0.05) is 23.8 Å². The lowest BCUT2D eigenvalue weighted by molar-refractivity contribution is -0.120. The Morgan fingerprint density at radius 2 is 2.16 bits per heavy atom. The summed E-state index contributed by atoms with van der Waals surface area (Å²) in [5.74, 6) is -0.137. The minimum Gasteiger partial charge on any atom is -0.392 e. The number of aliphatic hydroxyl groups is 2. The predicted octanol–water partition coefficient (Wildman–Crippen LogP) is 1.29. The maximum absolute atomic E-state index is 12.5. The highest BCUT2D eigenvalue weighted by atomic mass is 16.6. The van der Waals surface area contributed by atoms with Gasteiger partial charge in [0.1, 0.15) is 12.2 Å². The van der Waals surface area contributed by atoms with Crippen molar-refractivity contribution in [2.75, 3.05) is 6.61 Å². The Balaban J connectivity index is 2.38. The fourth-order valence-corrected chi connectivity index (χ4v) is 2.55. The van der Waals surface area contributed by atoms with Crippen molar-refractivity contribution in [2.24, 2.45) is 0 Å². The highest BCUT2D eigenvalue weighted by molar-refractivity contribution is 6.08. The SMILES string of the molecule is C/C=C/C1=C(CO)[C@H](O)[C@H]2O[C@@]2(CC=C(C)C)C1=O. The van der Waals surface area contributed by atoms with Crippen molar-refractivity contribution in [1.82, 2.24) is 0 Å². The van der Waals surface area contributed by atoms with Crippen LogP contribution >= 0.6 is 0 Å². The average Bonchev–Trinajstić information content (AvgIpc) is 3.11. The van der Waals surface area contributed by atoms with Crippen molar-refractivity contribution in [3.63, 3.8) is 0 Å². The number of carbonyl (C=O) groups excluding carboxylic acids is 1. The van der Waals surface area contributed by atoms with Crippen LogP contribution in [0.4, 0.5) is 0 Å². The van der Waals surface area contributed by atoms with Gasteiger partial charge in [-0.25, -0.2) is 0 Å². The fourth-order valence-electron chi connectivity index (χ4n) is 2.55. The third kappa shape index (κ3) is 2.20. The maximum atomic E-state index is 12.5. The van der Waals surface area contributed by atoms with Crippen molar-refractivity contribution in [3.8, 4) is 0 Å². The fraction of sp³-hybridized carbons (Fsp3) is 0.533. The third-order valence-electron chi connectivity index (χ3n) is 3.68. The Kier molecular flexibility index (Phi) is 3.76. The summed E-state index contributed by atoms with van der Waals surface area (Å²) in [6.45, 7) is 5.38. The molecule has 0 saturated carbocycles. The Morgan fingerprint density at radius 3 is 2.68 bits per heavy atom. The molecule has 1 aliphatic heterocycles. The van der Waals surface area contributed by atoms with E-state index in [-0.39, 0.29) is 12.4 Å². The van der Waals surface area contributed by atoms with Crippen molar-refractivity contribution in [3.05, 3.63) is 34.9 Å². The molecule has 4 nitrogen and oxygen atoms in total. The first-order valence-corrected chi connectivity index (χ1v) is 6.48. The molecule has 4 heteroatoms. The molecule has 0 bridgehead atoms. The van der Waals surface area contributed by atoms with Gasteiger partial charge in [0.15, 0.2) is 11.4 Å². The average molecular weight is 264 g/mol. The first-order chi connectivity index (χ1) is 8.97. The second-order valence-electron chi connectivity index (χ2n) is 5.28. The van der Waals surface area contributed by atoms with Crippen LogP contribution in [0.5, 0.6) is 0 Å². The zero-order valence-corrected chi connectivity index (χ0v) is 11.5. The van der Waals surface area contributed by atoms with Crippen LogP contribution in [0, 0.1) is 0 Å².